The zero-order valence-corrected chi connectivity index (χ0v) is 17.8. The Morgan fingerprint density at radius 1 is 1.23 bits per heavy atom. The number of hydrogen-bond donors (Lipinski definition) is 2. The van der Waals surface area contributed by atoms with Crippen LogP contribution in [0.2, 0.25) is 0 Å². The summed E-state index contributed by atoms with van der Waals surface area (Å²) in [4.78, 5) is 16.8. The Morgan fingerprint density at radius 3 is 2.63 bits per heavy atom. The van der Waals surface area contributed by atoms with Gasteiger partial charge in [-0.1, -0.05) is 18.2 Å². The maximum absolute atomic E-state index is 12.4. The number of benzene rings is 2. The van der Waals surface area contributed by atoms with Crippen molar-refractivity contribution in [3.8, 4) is 23.1 Å². The molecule has 2 aromatic carbocycles. The normalized spacial score (nSPS) is 11.9. The number of rotatable bonds is 7. The highest BCUT2D eigenvalue weighted by atomic mass is 32.2. The highest BCUT2D eigenvalue weighted by Crippen LogP contribution is 2.26. The molecular formula is C20H18N4O4S2. The average molecular weight is 443 g/mol. The first kappa shape index (κ1) is 21.3. The number of nitrogens with one attached hydrogen (secondary N) is 2. The fraction of sp³-hybridized carbons (Fsp3) is 0.150. The maximum Gasteiger partial charge on any atom is 0.266 e. The van der Waals surface area contributed by atoms with Crippen LogP contribution in [-0.4, -0.2) is 31.7 Å². The van der Waals surface area contributed by atoms with Crippen LogP contribution in [0.15, 0.2) is 53.9 Å². The van der Waals surface area contributed by atoms with Crippen molar-refractivity contribution in [3.05, 3.63) is 59.5 Å². The number of nitriles is 1. The highest BCUT2D eigenvalue weighted by Gasteiger charge is 2.17. The Bertz CT molecular complexity index is 1200. The number of aromatic nitrogens is 1. The van der Waals surface area contributed by atoms with Crippen molar-refractivity contribution >= 4 is 38.1 Å². The van der Waals surface area contributed by atoms with Crippen molar-refractivity contribution < 1.29 is 17.9 Å². The van der Waals surface area contributed by atoms with Crippen LogP contribution in [0.25, 0.3) is 11.3 Å². The Kier molecular flexibility index (Phi) is 6.34. The molecule has 10 heteroatoms. The summed E-state index contributed by atoms with van der Waals surface area (Å²) in [7, 11) is -3.34. The van der Waals surface area contributed by atoms with Crippen LogP contribution in [0.1, 0.15) is 12.5 Å². The van der Waals surface area contributed by atoms with Gasteiger partial charge in [0, 0.05) is 16.6 Å². The molecule has 0 saturated carbocycles. The van der Waals surface area contributed by atoms with Crippen molar-refractivity contribution in [3.63, 3.8) is 0 Å². The molecule has 0 bridgehead atoms. The fourth-order valence-electron chi connectivity index (χ4n) is 2.49. The van der Waals surface area contributed by atoms with Crippen molar-refractivity contribution in [1.82, 2.24) is 4.98 Å². The van der Waals surface area contributed by atoms with Crippen LogP contribution in [0.4, 0.5) is 10.8 Å². The second kappa shape index (κ2) is 8.94. The van der Waals surface area contributed by atoms with E-state index in [4.69, 9.17) is 10.00 Å². The second-order valence-corrected chi connectivity index (χ2v) is 8.99. The van der Waals surface area contributed by atoms with E-state index in [2.05, 4.69) is 15.0 Å². The average Bonchev–Trinajstić information content (AvgIpc) is 3.16. The number of carbonyl (C=O) groups excluding carboxylic acids is 1. The molecule has 0 spiro atoms. The van der Waals surface area contributed by atoms with Gasteiger partial charge in [-0.25, -0.2) is 13.4 Å². The van der Waals surface area contributed by atoms with Crippen LogP contribution >= 0.6 is 11.3 Å². The number of nitrogens with zero attached hydrogens (tertiary/aromatic N) is 2. The predicted molar refractivity (Wildman–Crippen MR) is 116 cm³/mol. The molecule has 1 heterocycles. The van der Waals surface area contributed by atoms with Gasteiger partial charge < -0.3 is 4.74 Å². The quantitative estimate of drug-likeness (QED) is 0.578. The summed E-state index contributed by atoms with van der Waals surface area (Å²) in [5.74, 6) is 0.0604. The Labute approximate surface area is 178 Å². The molecule has 1 unspecified atom stereocenters. The molecule has 3 aromatic rings. The van der Waals surface area contributed by atoms with Crippen LogP contribution < -0.4 is 14.8 Å². The summed E-state index contributed by atoms with van der Waals surface area (Å²) in [6.07, 6.45) is 0.300. The monoisotopic (exact) mass is 442 g/mol. The third-order valence-corrected chi connectivity index (χ3v) is 5.23. The van der Waals surface area contributed by atoms with E-state index in [0.717, 1.165) is 11.8 Å². The molecule has 8 nitrogen and oxygen atoms in total. The molecule has 0 saturated heterocycles. The van der Waals surface area contributed by atoms with E-state index in [1.165, 1.54) is 11.3 Å². The lowest BCUT2D eigenvalue weighted by molar-refractivity contribution is -0.122. The number of anilines is 2. The minimum absolute atomic E-state index is 0.369. The van der Waals surface area contributed by atoms with E-state index in [0.29, 0.717) is 27.8 Å². The molecule has 2 N–H and O–H groups in total. The molecule has 154 valence electrons. The number of thiazole rings is 1. The van der Waals surface area contributed by atoms with Crippen molar-refractivity contribution in [2.75, 3.05) is 16.3 Å². The molecule has 1 atom stereocenters. The number of sulfonamides is 1. The fourth-order valence-corrected chi connectivity index (χ4v) is 3.78. The molecule has 0 fully saturated rings. The van der Waals surface area contributed by atoms with Crippen molar-refractivity contribution in [2.24, 2.45) is 0 Å². The minimum Gasteiger partial charge on any atom is -0.481 e. The summed E-state index contributed by atoms with van der Waals surface area (Å²) in [6, 6.07) is 15.3. The summed E-state index contributed by atoms with van der Waals surface area (Å²) in [5, 5.41) is 13.8. The predicted octanol–water partition coefficient (Wildman–Crippen LogP) is 3.46. The molecule has 1 amide bonds. The van der Waals surface area contributed by atoms with E-state index < -0.39 is 16.1 Å². The van der Waals surface area contributed by atoms with Gasteiger partial charge in [0.2, 0.25) is 10.0 Å². The van der Waals surface area contributed by atoms with E-state index in [9.17, 15) is 13.2 Å². The topological polar surface area (TPSA) is 121 Å². The van der Waals surface area contributed by atoms with Crippen molar-refractivity contribution in [2.45, 2.75) is 13.0 Å². The number of hydrogen-bond acceptors (Lipinski definition) is 7. The van der Waals surface area contributed by atoms with E-state index in [1.807, 2.05) is 6.07 Å². The molecule has 3 rings (SSSR count). The zero-order chi connectivity index (χ0) is 21.7. The zero-order valence-electron chi connectivity index (χ0n) is 16.1. The van der Waals surface area contributed by atoms with Gasteiger partial charge in [0.05, 0.1) is 23.6 Å². The summed E-state index contributed by atoms with van der Waals surface area (Å²) >= 11 is 1.26. The third-order valence-electron chi connectivity index (χ3n) is 3.86. The largest absolute Gasteiger partial charge is 0.481 e. The Hall–Kier alpha value is -3.42. The van der Waals surface area contributed by atoms with Gasteiger partial charge >= 0.3 is 0 Å². The summed E-state index contributed by atoms with van der Waals surface area (Å²) < 4.78 is 30.5. The lowest BCUT2D eigenvalue weighted by atomic mass is 10.1. The molecule has 0 radical (unpaired) electrons. The van der Waals surface area contributed by atoms with E-state index >= 15 is 0 Å². The Morgan fingerprint density at radius 2 is 1.97 bits per heavy atom. The lowest BCUT2D eigenvalue weighted by Crippen LogP contribution is -2.30. The second-order valence-electron chi connectivity index (χ2n) is 6.38. The van der Waals surface area contributed by atoms with Crippen LogP contribution in [0.3, 0.4) is 0 Å². The first-order valence-corrected chi connectivity index (χ1v) is 11.5. The molecule has 1 aromatic heterocycles. The molecule has 0 aliphatic rings. The van der Waals surface area contributed by atoms with Crippen molar-refractivity contribution in [1.29, 1.82) is 5.26 Å². The van der Waals surface area contributed by atoms with Gasteiger partial charge in [-0.05, 0) is 37.3 Å². The SMILES string of the molecule is CC(Oc1cccc(C#N)c1)C(=O)Nc1nc(-c2ccc(NS(C)(=O)=O)cc2)cs1. The van der Waals surface area contributed by atoms with E-state index in [1.54, 1.807) is 60.8 Å². The number of ether oxygens (including phenoxy) is 1. The van der Waals surface area contributed by atoms with Crippen LogP contribution in [0, 0.1) is 11.3 Å². The first-order chi connectivity index (χ1) is 14.2. The summed E-state index contributed by atoms with van der Waals surface area (Å²) in [6.45, 7) is 1.61. The van der Waals surface area contributed by atoms with Crippen LogP contribution in [-0.2, 0) is 14.8 Å². The molecule has 30 heavy (non-hydrogen) atoms. The van der Waals surface area contributed by atoms with Gasteiger partial charge in [-0.2, -0.15) is 5.26 Å². The third kappa shape index (κ3) is 5.79. The van der Waals surface area contributed by atoms with Gasteiger partial charge in [0.25, 0.3) is 5.91 Å². The van der Waals surface area contributed by atoms with Gasteiger partial charge in [0.15, 0.2) is 11.2 Å². The number of carbonyl (C=O) groups is 1. The lowest BCUT2D eigenvalue weighted by Gasteiger charge is -2.13. The molecule has 0 aliphatic carbocycles. The minimum atomic E-state index is -3.34. The smallest absolute Gasteiger partial charge is 0.266 e. The van der Waals surface area contributed by atoms with Gasteiger partial charge in [-0.15, -0.1) is 11.3 Å². The molecule has 0 aliphatic heterocycles. The van der Waals surface area contributed by atoms with E-state index in [-0.39, 0.29) is 5.91 Å². The maximum atomic E-state index is 12.4. The summed E-state index contributed by atoms with van der Waals surface area (Å²) in [5.41, 5.74) is 2.33. The Balaban J connectivity index is 1.63. The van der Waals surface area contributed by atoms with Gasteiger partial charge in [0.1, 0.15) is 5.75 Å². The standard InChI is InChI=1S/C20H18N4O4S2/c1-13(28-17-5-3-4-14(10-17)11-21)19(25)23-20-22-18(12-29-20)15-6-8-16(9-7-15)24-30(2,26)27/h3-10,12-13,24H,1-2H3,(H,22,23,25). The first-order valence-electron chi connectivity index (χ1n) is 8.75. The molecular weight excluding hydrogens is 424 g/mol. The highest BCUT2D eigenvalue weighted by molar-refractivity contribution is 7.92. The van der Waals surface area contributed by atoms with Gasteiger partial charge in [-0.3, -0.25) is 14.8 Å². The van der Waals surface area contributed by atoms with Crippen LogP contribution in [0.5, 0.6) is 5.75 Å². The number of amides is 1.